The summed E-state index contributed by atoms with van der Waals surface area (Å²) in [6.45, 7) is 0. The van der Waals surface area contributed by atoms with E-state index in [0.29, 0.717) is 0 Å². The number of hydrogen-bond donors (Lipinski definition) is 0. The van der Waals surface area contributed by atoms with Gasteiger partial charge in [0, 0.05) is 48.2 Å². The first kappa shape index (κ1) is 31.0. The van der Waals surface area contributed by atoms with Crippen LogP contribution >= 0.6 is 0 Å². The van der Waals surface area contributed by atoms with E-state index in [-0.39, 0.29) is 21.1 Å². The van der Waals surface area contributed by atoms with Gasteiger partial charge in [0.25, 0.3) is 0 Å². The van der Waals surface area contributed by atoms with E-state index in [4.69, 9.17) is 9.72 Å². The summed E-state index contributed by atoms with van der Waals surface area (Å²) >= 11 is 0. The van der Waals surface area contributed by atoms with Gasteiger partial charge in [-0.05, 0) is 29.8 Å². The van der Waals surface area contributed by atoms with E-state index in [1.54, 1.807) is 7.11 Å². The number of methoxy groups -OCH3 is 1. The summed E-state index contributed by atoms with van der Waals surface area (Å²) in [5.41, 5.74) is 11.0. The minimum absolute atomic E-state index is 0. The Morgan fingerprint density at radius 1 is 0.608 bits per heavy atom. The molecule has 6 aromatic carbocycles. The van der Waals surface area contributed by atoms with Gasteiger partial charge in [0.2, 0.25) is 6.33 Å². The molecular weight excluding hydrogens is 810 g/mol. The van der Waals surface area contributed by atoms with Gasteiger partial charge >= 0.3 is 0 Å². The summed E-state index contributed by atoms with van der Waals surface area (Å²) in [6.07, 6.45) is 3.48. The molecule has 0 saturated carbocycles. The van der Waals surface area contributed by atoms with E-state index in [1.165, 1.54) is 0 Å². The SMILES string of the molecule is COc1ccc(-c2c3c4ccccc4n(-c4[c-]cccc4)c3nc3c2c2ccccc2n3-c2[c-]c(-n3[c-][n+](C)c4ccccc43)ccc2)cc1.[Pt]. The summed E-state index contributed by atoms with van der Waals surface area (Å²) in [7, 11) is 3.73. The summed E-state index contributed by atoms with van der Waals surface area (Å²) in [6, 6.07) is 55.5. The first-order chi connectivity index (χ1) is 24.7. The van der Waals surface area contributed by atoms with E-state index in [2.05, 4.69) is 147 Å². The summed E-state index contributed by atoms with van der Waals surface area (Å²) in [5, 5.41) is 4.43. The van der Waals surface area contributed by atoms with Crippen LogP contribution < -0.4 is 9.30 Å². The van der Waals surface area contributed by atoms with Gasteiger partial charge in [0.15, 0.2) is 0 Å². The molecule has 0 fully saturated rings. The monoisotopic (exact) mass is 838 g/mol. The number of nitrogens with zero attached hydrogens (tertiary/aromatic N) is 5. The molecule has 0 aliphatic rings. The van der Waals surface area contributed by atoms with Gasteiger partial charge in [0.1, 0.15) is 17.0 Å². The third-order valence-corrected chi connectivity index (χ3v) is 9.70. The Bertz CT molecular complexity index is 2920. The van der Waals surface area contributed by atoms with Gasteiger partial charge in [-0.1, -0.05) is 89.9 Å². The van der Waals surface area contributed by atoms with E-state index < -0.39 is 0 Å². The van der Waals surface area contributed by atoms with Gasteiger partial charge in [-0.25, -0.2) is 4.98 Å². The molecule has 0 N–H and O–H groups in total. The topological polar surface area (TPSA) is 40.8 Å². The molecule has 0 spiro atoms. The standard InChI is InChI=1S/C44H29N5O.Pt/c1-46-28-47(39-22-11-10-21-38(39)46)31-15-12-16-32(27-31)49-37-20-9-7-18-35(37)42-40(29-23-25-33(50-2)26-24-29)41-34-17-6-8-19-36(34)48(43(41)45-44(42)49)30-13-4-3-5-14-30;/h3-13,15-26H,1-2H3;/q-2;. The first-order valence-electron chi connectivity index (χ1n) is 16.6. The van der Waals surface area contributed by atoms with E-state index >= 15 is 0 Å². The Balaban J connectivity index is 0.00000348. The molecule has 0 atom stereocenters. The number of pyridine rings is 1. The van der Waals surface area contributed by atoms with Crippen molar-refractivity contribution in [3.63, 3.8) is 0 Å². The minimum Gasteiger partial charge on any atom is -0.497 e. The maximum atomic E-state index is 5.62. The summed E-state index contributed by atoms with van der Waals surface area (Å²) in [4.78, 5) is 5.62. The molecule has 4 heterocycles. The van der Waals surface area contributed by atoms with Crippen LogP contribution in [-0.2, 0) is 28.1 Å². The molecular formula is C44H29N5OPt-2. The Kier molecular flexibility index (Phi) is 7.37. The normalized spacial score (nSPS) is 11.6. The second kappa shape index (κ2) is 12.1. The van der Waals surface area contributed by atoms with Crippen LogP contribution in [0.15, 0.2) is 140 Å². The predicted octanol–water partition coefficient (Wildman–Crippen LogP) is 9.12. The van der Waals surface area contributed by atoms with Crippen LogP contribution in [0.1, 0.15) is 0 Å². The molecule has 4 aromatic heterocycles. The molecule has 0 aliphatic heterocycles. The third kappa shape index (κ3) is 4.67. The third-order valence-electron chi connectivity index (χ3n) is 9.70. The largest absolute Gasteiger partial charge is 0.497 e. The summed E-state index contributed by atoms with van der Waals surface area (Å²) < 4.78 is 14.2. The average Bonchev–Trinajstić information content (AvgIpc) is 3.81. The second-order valence-corrected chi connectivity index (χ2v) is 12.5. The van der Waals surface area contributed by atoms with Crippen molar-refractivity contribution in [3.8, 4) is 33.9 Å². The van der Waals surface area contributed by atoms with Crippen molar-refractivity contribution < 1.29 is 30.4 Å². The molecule has 0 unspecified atom stereocenters. The number of imidazole rings is 1. The number of ether oxygens (including phenoxy) is 1. The number of benzene rings is 6. The smallest absolute Gasteiger partial charge is 0.242 e. The molecule has 0 aliphatic carbocycles. The van der Waals surface area contributed by atoms with Crippen LogP contribution in [0.5, 0.6) is 5.75 Å². The van der Waals surface area contributed by atoms with Crippen LogP contribution in [0.3, 0.4) is 0 Å². The van der Waals surface area contributed by atoms with Gasteiger partial charge in [0.05, 0.1) is 36.2 Å². The van der Waals surface area contributed by atoms with Crippen LogP contribution in [0.25, 0.3) is 83.1 Å². The fraction of sp³-hybridized carbons (Fsp3) is 0.0455. The number of rotatable bonds is 5. The van der Waals surface area contributed by atoms with E-state index in [0.717, 1.165) is 88.8 Å². The van der Waals surface area contributed by atoms with Crippen LogP contribution in [0.4, 0.5) is 0 Å². The van der Waals surface area contributed by atoms with Crippen molar-refractivity contribution in [2.45, 2.75) is 0 Å². The molecule has 7 heteroatoms. The first-order valence-corrected chi connectivity index (χ1v) is 16.6. The number of para-hydroxylation sites is 5. The van der Waals surface area contributed by atoms with Crippen LogP contribution in [-0.4, -0.2) is 25.8 Å². The van der Waals surface area contributed by atoms with Gasteiger partial charge in [-0.2, -0.15) is 42.5 Å². The number of aryl methyl sites for hydroxylation is 1. The van der Waals surface area contributed by atoms with E-state index in [9.17, 15) is 0 Å². The van der Waals surface area contributed by atoms with Crippen molar-refractivity contribution >= 4 is 54.9 Å². The Morgan fingerprint density at radius 2 is 1.20 bits per heavy atom. The molecule has 0 bridgehead atoms. The summed E-state index contributed by atoms with van der Waals surface area (Å²) in [5.74, 6) is 0.813. The Labute approximate surface area is 308 Å². The minimum atomic E-state index is 0. The van der Waals surface area contributed by atoms with E-state index in [1.807, 2.05) is 35.9 Å². The van der Waals surface area contributed by atoms with Gasteiger partial charge in [-0.3, -0.25) is 0 Å². The average molecular weight is 839 g/mol. The molecule has 0 amide bonds. The Hall–Kier alpha value is -5.97. The van der Waals surface area contributed by atoms with Crippen LogP contribution in [0.2, 0.25) is 0 Å². The zero-order chi connectivity index (χ0) is 33.3. The van der Waals surface area contributed by atoms with Crippen molar-refractivity contribution in [1.29, 1.82) is 0 Å². The quantitative estimate of drug-likeness (QED) is 0.128. The zero-order valence-corrected chi connectivity index (χ0v) is 30.0. The number of fused-ring (bicyclic) bond motifs is 7. The van der Waals surface area contributed by atoms with Crippen LogP contribution in [0, 0.1) is 18.5 Å². The molecule has 6 nitrogen and oxygen atoms in total. The molecule has 10 aromatic rings. The Morgan fingerprint density at radius 3 is 1.86 bits per heavy atom. The molecule has 0 radical (unpaired) electrons. The van der Waals surface area contributed by atoms with Crippen molar-refractivity contribution in [1.82, 2.24) is 18.7 Å². The fourth-order valence-corrected chi connectivity index (χ4v) is 7.52. The number of hydrogen-bond acceptors (Lipinski definition) is 2. The predicted molar refractivity (Wildman–Crippen MR) is 199 cm³/mol. The van der Waals surface area contributed by atoms with Crippen molar-refractivity contribution in [2.24, 2.45) is 7.05 Å². The van der Waals surface area contributed by atoms with Crippen molar-refractivity contribution in [2.75, 3.05) is 7.11 Å². The second-order valence-electron chi connectivity index (χ2n) is 12.5. The van der Waals surface area contributed by atoms with Crippen molar-refractivity contribution in [3.05, 3.63) is 158 Å². The van der Waals surface area contributed by atoms with Gasteiger partial charge in [-0.15, -0.1) is 12.1 Å². The fourth-order valence-electron chi connectivity index (χ4n) is 7.52. The number of aromatic nitrogens is 5. The molecule has 10 rings (SSSR count). The van der Waals surface area contributed by atoms with Gasteiger partial charge < -0.3 is 23.0 Å². The molecule has 51 heavy (non-hydrogen) atoms. The molecule has 248 valence electrons. The maximum Gasteiger partial charge on any atom is 0.242 e. The zero-order valence-electron chi connectivity index (χ0n) is 27.7. The molecule has 0 saturated heterocycles. The maximum absolute atomic E-state index is 5.62.